The molecule has 30 heavy (non-hydrogen) atoms. The first-order chi connectivity index (χ1) is 14.5. The van der Waals surface area contributed by atoms with Crippen LogP contribution < -0.4 is 10.6 Å². The Bertz CT molecular complexity index is 1040. The lowest BCUT2D eigenvalue weighted by molar-refractivity contribution is 0.00446. The van der Waals surface area contributed by atoms with Crippen LogP contribution in [0.3, 0.4) is 0 Å². The summed E-state index contributed by atoms with van der Waals surface area (Å²) in [5.41, 5.74) is 2.51. The van der Waals surface area contributed by atoms with Crippen LogP contribution in [0.4, 0.5) is 11.8 Å². The molecule has 2 aliphatic carbocycles. The number of aryl methyl sites for hydroxylation is 1. The minimum Gasteiger partial charge on any atom is -0.396 e. The van der Waals surface area contributed by atoms with Crippen molar-refractivity contribution in [3.05, 3.63) is 30.0 Å². The SMILES string of the molecule is Cc1nc(NC2CC2)nc(N[C@@H]2C[C@H](CO)[C@@H](O)[C@H]2O)c1-c1nc2ccccc2s1. The van der Waals surface area contributed by atoms with Gasteiger partial charge in [-0.25, -0.2) is 9.97 Å². The summed E-state index contributed by atoms with van der Waals surface area (Å²) in [5.74, 6) is 0.768. The van der Waals surface area contributed by atoms with E-state index in [1.807, 2.05) is 31.2 Å². The Morgan fingerprint density at radius 2 is 1.87 bits per heavy atom. The van der Waals surface area contributed by atoms with Crippen molar-refractivity contribution in [2.75, 3.05) is 17.2 Å². The van der Waals surface area contributed by atoms with Crippen LogP contribution in [0.15, 0.2) is 24.3 Å². The summed E-state index contributed by atoms with van der Waals surface area (Å²) in [4.78, 5) is 14.1. The van der Waals surface area contributed by atoms with Crippen LogP contribution in [0.5, 0.6) is 0 Å². The second kappa shape index (κ2) is 7.73. The van der Waals surface area contributed by atoms with E-state index in [9.17, 15) is 15.3 Å². The van der Waals surface area contributed by atoms with Gasteiger partial charge in [-0.15, -0.1) is 11.3 Å². The number of hydrogen-bond acceptors (Lipinski definition) is 9. The van der Waals surface area contributed by atoms with Crippen molar-refractivity contribution in [1.29, 1.82) is 0 Å². The van der Waals surface area contributed by atoms with Gasteiger partial charge in [-0.1, -0.05) is 12.1 Å². The molecule has 5 rings (SSSR count). The quantitative estimate of drug-likeness (QED) is 0.405. The molecule has 8 nitrogen and oxygen atoms in total. The number of fused-ring (bicyclic) bond motifs is 1. The highest BCUT2D eigenvalue weighted by Gasteiger charge is 2.41. The van der Waals surface area contributed by atoms with Gasteiger partial charge in [0.05, 0.1) is 33.6 Å². The number of aromatic nitrogens is 3. The Morgan fingerprint density at radius 1 is 1.07 bits per heavy atom. The van der Waals surface area contributed by atoms with Gasteiger partial charge in [-0.2, -0.15) is 4.98 Å². The molecule has 2 saturated carbocycles. The lowest BCUT2D eigenvalue weighted by Crippen LogP contribution is -2.35. The fourth-order valence-electron chi connectivity index (χ4n) is 4.01. The lowest BCUT2D eigenvalue weighted by Gasteiger charge is -2.21. The topological polar surface area (TPSA) is 123 Å². The van der Waals surface area contributed by atoms with E-state index >= 15 is 0 Å². The first-order valence-corrected chi connectivity index (χ1v) is 11.1. The van der Waals surface area contributed by atoms with Gasteiger partial charge in [0.2, 0.25) is 5.95 Å². The van der Waals surface area contributed by atoms with E-state index in [0.29, 0.717) is 24.2 Å². The average molecular weight is 428 g/mol. The van der Waals surface area contributed by atoms with Gasteiger partial charge in [0, 0.05) is 18.6 Å². The number of aliphatic hydroxyl groups is 3. The zero-order chi connectivity index (χ0) is 20.8. The van der Waals surface area contributed by atoms with Gasteiger partial charge in [-0.3, -0.25) is 0 Å². The average Bonchev–Trinajstić information content (AvgIpc) is 3.37. The zero-order valence-electron chi connectivity index (χ0n) is 16.6. The van der Waals surface area contributed by atoms with E-state index in [1.165, 1.54) is 0 Å². The summed E-state index contributed by atoms with van der Waals surface area (Å²) in [6.45, 7) is 1.77. The highest BCUT2D eigenvalue weighted by Crippen LogP contribution is 2.38. The van der Waals surface area contributed by atoms with E-state index in [4.69, 9.17) is 9.97 Å². The summed E-state index contributed by atoms with van der Waals surface area (Å²) in [5, 5.41) is 37.7. The number of para-hydroxylation sites is 1. The fraction of sp³-hybridized carbons (Fsp3) is 0.476. The third-order valence-corrected chi connectivity index (χ3v) is 6.92. The van der Waals surface area contributed by atoms with Crippen molar-refractivity contribution < 1.29 is 15.3 Å². The van der Waals surface area contributed by atoms with Crippen LogP contribution in [0, 0.1) is 12.8 Å². The van der Waals surface area contributed by atoms with Crippen LogP contribution in [-0.4, -0.2) is 61.2 Å². The van der Waals surface area contributed by atoms with E-state index in [-0.39, 0.29) is 12.5 Å². The van der Waals surface area contributed by atoms with Crippen LogP contribution in [-0.2, 0) is 0 Å². The molecule has 2 fully saturated rings. The maximum absolute atomic E-state index is 10.5. The first-order valence-electron chi connectivity index (χ1n) is 10.3. The van der Waals surface area contributed by atoms with E-state index in [0.717, 1.165) is 39.3 Å². The molecule has 3 aromatic rings. The number of hydrogen-bond donors (Lipinski definition) is 5. The molecule has 0 spiro atoms. The minimum atomic E-state index is -0.986. The summed E-state index contributed by atoms with van der Waals surface area (Å²) < 4.78 is 1.08. The molecule has 0 bridgehead atoms. The van der Waals surface area contributed by atoms with Crippen molar-refractivity contribution in [2.45, 2.75) is 50.5 Å². The fourth-order valence-corrected chi connectivity index (χ4v) is 5.08. The third kappa shape index (κ3) is 3.62. The molecular weight excluding hydrogens is 402 g/mol. The van der Waals surface area contributed by atoms with E-state index in [1.54, 1.807) is 11.3 Å². The summed E-state index contributed by atoms with van der Waals surface area (Å²) in [6, 6.07) is 7.94. The summed E-state index contributed by atoms with van der Waals surface area (Å²) in [7, 11) is 0. The molecular formula is C21H25N5O3S. The smallest absolute Gasteiger partial charge is 0.225 e. The number of rotatable bonds is 6. The normalized spacial score (nSPS) is 26.3. The number of aliphatic hydroxyl groups excluding tert-OH is 3. The van der Waals surface area contributed by atoms with Gasteiger partial charge >= 0.3 is 0 Å². The zero-order valence-corrected chi connectivity index (χ0v) is 17.4. The van der Waals surface area contributed by atoms with Crippen molar-refractivity contribution >= 4 is 33.3 Å². The molecule has 2 heterocycles. The minimum absolute atomic E-state index is 0.168. The molecule has 9 heteroatoms. The Morgan fingerprint density at radius 3 is 2.57 bits per heavy atom. The molecule has 0 saturated heterocycles. The largest absolute Gasteiger partial charge is 0.396 e. The molecule has 0 unspecified atom stereocenters. The summed E-state index contributed by atoms with van der Waals surface area (Å²) >= 11 is 1.57. The van der Waals surface area contributed by atoms with Crippen molar-refractivity contribution in [3.63, 3.8) is 0 Å². The van der Waals surface area contributed by atoms with Crippen molar-refractivity contribution in [3.8, 4) is 10.6 Å². The van der Waals surface area contributed by atoms with Crippen LogP contribution in [0.25, 0.3) is 20.8 Å². The Kier molecular flexibility index (Phi) is 5.06. The summed E-state index contributed by atoms with van der Waals surface area (Å²) in [6.07, 6.45) is 0.713. The number of benzene rings is 1. The van der Waals surface area contributed by atoms with E-state index < -0.39 is 18.2 Å². The van der Waals surface area contributed by atoms with E-state index in [2.05, 4.69) is 15.6 Å². The second-order valence-corrected chi connectivity index (χ2v) is 9.20. The molecule has 158 valence electrons. The third-order valence-electron chi connectivity index (χ3n) is 5.87. The molecule has 2 aromatic heterocycles. The van der Waals surface area contributed by atoms with Crippen LogP contribution >= 0.6 is 11.3 Å². The van der Waals surface area contributed by atoms with Crippen LogP contribution in [0.1, 0.15) is 25.0 Å². The molecule has 0 amide bonds. The molecule has 2 aliphatic rings. The molecule has 0 radical (unpaired) electrons. The standard InChI is InChI=1S/C21H25N5O3S/c1-10-16(20-25-13-4-2-3-5-15(13)30-20)19(26-21(22-10)23-12-6-7-12)24-14-8-11(9-27)17(28)18(14)29/h2-5,11-12,14,17-18,27-29H,6-9H2,1H3,(H2,22,23,24,26)/t11-,14-,17-,18+/m1/s1. The highest BCUT2D eigenvalue weighted by atomic mass is 32.1. The number of nitrogens with one attached hydrogen (secondary N) is 2. The van der Waals surface area contributed by atoms with Gasteiger partial charge in [0.15, 0.2) is 0 Å². The number of thiazole rings is 1. The lowest BCUT2D eigenvalue weighted by atomic mass is 10.1. The second-order valence-electron chi connectivity index (χ2n) is 8.17. The number of anilines is 2. The predicted molar refractivity (Wildman–Crippen MR) is 117 cm³/mol. The predicted octanol–water partition coefficient (Wildman–Crippen LogP) is 2.15. The van der Waals surface area contributed by atoms with Crippen molar-refractivity contribution in [2.24, 2.45) is 5.92 Å². The van der Waals surface area contributed by atoms with Gasteiger partial charge < -0.3 is 26.0 Å². The molecule has 4 atom stereocenters. The Labute approximate surface area is 178 Å². The Hall–Kier alpha value is -2.33. The van der Waals surface area contributed by atoms with Gasteiger partial charge in [-0.05, 0) is 38.3 Å². The first kappa shape index (κ1) is 19.6. The molecule has 5 N–H and O–H groups in total. The highest BCUT2D eigenvalue weighted by molar-refractivity contribution is 7.21. The molecule has 0 aliphatic heterocycles. The van der Waals surface area contributed by atoms with Crippen LogP contribution in [0.2, 0.25) is 0 Å². The maximum atomic E-state index is 10.5. The molecule has 1 aromatic carbocycles. The Balaban J connectivity index is 1.55. The van der Waals surface area contributed by atoms with Crippen molar-refractivity contribution in [1.82, 2.24) is 15.0 Å². The maximum Gasteiger partial charge on any atom is 0.225 e. The van der Waals surface area contributed by atoms with Gasteiger partial charge in [0.1, 0.15) is 16.9 Å². The van der Waals surface area contributed by atoms with Gasteiger partial charge in [0.25, 0.3) is 0 Å². The monoisotopic (exact) mass is 427 g/mol. The number of nitrogens with zero attached hydrogens (tertiary/aromatic N) is 3.